The minimum Gasteiger partial charge on any atom is -0.454 e. The van der Waals surface area contributed by atoms with Crippen molar-refractivity contribution in [3.8, 4) is 67.0 Å². The highest BCUT2D eigenvalue weighted by Crippen LogP contribution is 2.49. The number of aromatic nitrogens is 2. The summed E-state index contributed by atoms with van der Waals surface area (Å²) in [5.41, 5.74) is 22.7. The second-order valence-corrected chi connectivity index (χ2v) is 25.8. The standard InChI is InChI=1S/C44H27NOS.C42H25NOS/c1-3-13-28(14-4-1)32-20-11-22-36-41-34(21-12-24-40(41)47-44(32)36)33-18-8-7-17-31(33)29-25-26-39-37(27-29)42-43(46-39)35-19-9-10-23-38(35)45(42)30-15-5-2-6-16-30;1-2-12-28(13-3-1)43-36-19-9-8-17-33(36)41-40(43)35-25-27(22-24-37(35)44-41)29-14-6-7-16-31(29)32-18-10-20-38-39(32)34-23-21-26-11-4-5-15-30(26)42(34)45-38/h1-27H;1-25H. The van der Waals surface area contributed by atoms with Gasteiger partial charge in [0.15, 0.2) is 11.2 Å². The molecular formula is C86H52N2O2S2. The Morgan fingerprint density at radius 3 is 1.22 bits per heavy atom. The molecule has 0 saturated carbocycles. The molecule has 14 aromatic carbocycles. The molecule has 0 amide bonds. The molecule has 6 heterocycles. The van der Waals surface area contributed by atoms with E-state index in [9.17, 15) is 0 Å². The minimum absolute atomic E-state index is 0.894. The van der Waals surface area contributed by atoms with E-state index in [1.165, 1.54) is 107 Å². The van der Waals surface area contributed by atoms with Crippen molar-refractivity contribution in [1.82, 2.24) is 9.13 Å². The average Bonchev–Trinajstić information content (AvgIpc) is 1.61. The Hall–Kier alpha value is -11.5. The third-order valence-electron chi connectivity index (χ3n) is 18.6. The van der Waals surface area contributed by atoms with Crippen molar-refractivity contribution < 1.29 is 8.83 Å². The van der Waals surface area contributed by atoms with Gasteiger partial charge in [0.1, 0.15) is 22.2 Å². The lowest BCUT2D eigenvalue weighted by atomic mass is 9.91. The zero-order valence-electron chi connectivity index (χ0n) is 49.5. The highest BCUT2D eigenvalue weighted by molar-refractivity contribution is 7.27. The van der Waals surface area contributed by atoms with Crippen molar-refractivity contribution in [2.24, 2.45) is 0 Å². The number of para-hydroxylation sites is 4. The number of furan rings is 2. The summed E-state index contributed by atoms with van der Waals surface area (Å²) in [5, 5.41) is 12.3. The van der Waals surface area contributed by atoms with E-state index in [0.29, 0.717) is 0 Å². The molecule has 0 unspecified atom stereocenters. The molecule has 6 aromatic heterocycles. The lowest BCUT2D eigenvalue weighted by Gasteiger charge is -2.12. The first-order valence-electron chi connectivity index (χ1n) is 31.2. The van der Waals surface area contributed by atoms with Crippen LogP contribution in [0.25, 0.3) is 184 Å². The predicted octanol–water partition coefficient (Wildman–Crippen LogP) is 25.3. The van der Waals surface area contributed by atoms with Gasteiger partial charge in [-0.15, -0.1) is 22.7 Å². The van der Waals surface area contributed by atoms with Gasteiger partial charge in [-0.25, -0.2) is 0 Å². The Balaban J connectivity index is 0.000000132. The van der Waals surface area contributed by atoms with Gasteiger partial charge in [-0.05, 0) is 151 Å². The van der Waals surface area contributed by atoms with Gasteiger partial charge in [0.05, 0.1) is 11.0 Å². The molecule has 20 rings (SSSR count). The van der Waals surface area contributed by atoms with Crippen LogP contribution < -0.4 is 0 Å². The van der Waals surface area contributed by atoms with Crippen LogP contribution in [-0.4, -0.2) is 9.13 Å². The molecule has 0 aliphatic rings. The summed E-state index contributed by atoms with van der Waals surface area (Å²) in [6, 6.07) is 113. The molecule has 4 nitrogen and oxygen atoms in total. The van der Waals surface area contributed by atoms with Crippen LogP contribution >= 0.6 is 22.7 Å². The Morgan fingerprint density at radius 1 is 0.250 bits per heavy atom. The highest BCUT2D eigenvalue weighted by Gasteiger charge is 2.24. The molecule has 6 heteroatoms. The number of benzene rings is 14. The van der Waals surface area contributed by atoms with Gasteiger partial charge in [-0.3, -0.25) is 0 Å². The van der Waals surface area contributed by atoms with Crippen LogP contribution in [0.4, 0.5) is 0 Å². The monoisotopic (exact) mass is 1210 g/mol. The number of hydrogen-bond donors (Lipinski definition) is 0. The third kappa shape index (κ3) is 8.14. The number of thiophene rings is 2. The van der Waals surface area contributed by atoms with E-state index >= 15 is 0 Å². The Kier molecular flexibility index (Phi) is 12.0. The zero-order valence-corrected chi connectivity index (χ0v) is 51.2. The van der Waals surface area contributed by atoms with Crippen molar-refractivity contribution in [2.75, 3.05) is 0 Å². The van der Waals surface area contributed by atoms with Crippen LogP contribution in [0, 0.1) is 0 Å². The van der Waals surface area contributed by atoms with Crippen LogP contribution in [0.15, 0.2) is 324 Å². The van der Waals surface area contributed by atoms with Gasteiger partial charge in [-0.2, -0.15) is 0 Å². The van der Waals surface area contributed by atoms with Gasteiger partial charge in [-0.1, -0.05) is 231 Å². The lowest BCUT2D eigenvalue weighted by Crippen LogP contribution is -1.93. The lowest BCUT2D eigenvalue weighted by molar-refractivity contribution is 0.672. The van der Waals surface area contributed by atoms with Gasteiger partial charge in [0.25, 0.3) is 0 Å². The fourth-order valence-electron chi connectivity index (χ4n) is 14.6. The fourth-order valence-corrected chi connectivity index (χ4v) is 17.1. The smallest absolute Gasteiger partial charge is 0.161 e. The normalized spacial score (nSPS) is 11.9. The molecule has 20 aromatic rings. The number of hydrogen-bond acceptors (Lipinski definition) is 4. The topological polar surface area (TPSA) is 36.1 Å². The second-order valence-electron chi connectivity index (χ2n) is 23.7. The summed E-state index contributed by atoms with van der Waals surface area (Å²) in [5.74, 6) is 0. The second kappa shape index (κ2) is 21.0. The Bertz CT molecular complexity index is 6320. The van der Waals surface area contributed by atoms with E-state index in [1.807, 2.05) is 22.7 Å². The first-order chi connectivity index (χ1) is 45.7. The number of nitrogens with zero attached hydrogens (tertiary/aromatic N) is 2. The SMILES string of the molecule is c1ccc(-c2cccc3c2sc2cccc(-c4ccccc4-c4ccc5oc6c7ccccc7n(-c7ccccc7)c6c5c4)c23)cc1.c1ccc(-n2c3ccccc3c3oc4ccc(-c5ccccc5-c5cccc6sc7c8ccccc8ccc7c56)cc4c32)cc1. The van der Waals surface area contributed by atoms with Crippen LogP contribution in [0.3, 0.4) is 0 Å². The van der Waals surface area contributed by atoms with E-state index < -0.39 is 0 Å². The van der Waals surface area contributed by atoms with Crippen LogP contribution in [0.5, 0.6) is 0 Å². The van der Waals surface area contributed by atoms with Crippen molar-refractivity contribution >= 4 is 140 Å². The Morgan fingerprint density at radius 2 is 0.663 bits per heavy atom. The predicted molar refractivity (Wildman–Crippen MR) is 392 cm³/mol. The first kappa shape index (κ1) is 52.4. The summed E-state index contributed by atoms with van der Waals surface area (Å²) < 4.78 is 23.2. The average molecular weight is 1210 g/mol. The molecule has 0 spiro atoms. The van der Waals surface area contributed by atoms with Gasteiger partial charge in [0, 0.05) is 73.3 Å². The number of rotatable bonds is 7. The summed E-state index contributed by atoms with van der Waals surface area (Å²) in [6.45, 7) is 0. The van der Waals surface area contributed by atoms with Crippen molar-refractivity contribution in [3.05, 3.63) is 315 Å². The summed E-state index contributed by atoms with van der Waals surface area (Å²) >= 11 is 3.78. The van der Waals surface area contributed by atoms with Gasteiger partial charge < -0.3 is 18.0 Å². The van der Waals surface area contributed by atoms with Crippen LogP contribution in [0.2, 0.25) is 0 Å². The van der Waals surface area contributed by atoms with Crippen molar-refractivity contribution in [3.63, 3.8) is 0 Å². The maximum atomic E-state index is 6.60. The highest BCUT2D eigenvalue weighted by atomic mass is 32.1. The third-order valence-corrected chi connectivity index (χ3v) is 21.0. The maximum Gasteiger partial charge on any atom is 0.161 e. The largest absolute Gasteiger partial charge is 0.454 e. The van der Waals surface area contributed by atoms with Gasteiger partial charge in [0.2, 0.25) is 0 Å². The molecule has 0 N–H and O–H groups in total. The van der Waals surface area contributed by atoms with E-state index in [-0.39, 0.29) is 0 Å². The molecule has 0 atom stereocenters. The molecular weight excluding hydrogens is 1160 g/mol. The molecule has 0 saturated heterocycles. The van der Waals surface area contributed by atoms with E-state index in [1.54, 1.807) is 0 Å². The van der Waals surface area contributed by atoms with Gasteiger partial charge >= 0.3 is 0 Å². The first-order valence-corrected chi connectivity index (χ1v) is 32.8. The summed E-state index contributed by atoms with van der Waals surface area (Å²) in [6.07, 6.45) is 0. The maximum absolute atomic E-state index is 6.60. The molecule has 92 heavy (non-hydrogen) atoms. The zero-order chi connectivity index (χ0) is 60.4. The fraction of sp³-hybridized carbons (Fsp3) is 0. The van der Waals surface area contributed by atoms with E-state index in [4.69, 9.17) is 8.83 Å². The van der Waals surface area contributed by atoms with E-state index in [0.717, 1.165) is 77.3 Å². The van der Waals surface area contributed by atoms with Crippen molar-refractivity contribution in [1.29, 1.82) is 0 Å². The summed E-state index contributed by atoms with van der Waals surface area (Å²) in [4.78, 5) is 0. The quantitative estimate of drug-likeness (QED) is 0.159. The van der Waals surface area contributed by atoms with Crippen molar-refractivity contribution in [2.45, 2.75) is 0 Å². The molecule has 430 valence electrons. The molecule has 0 aliphatic heterocycles. The number of fused-ring (bicyclic) bond motifs is 18. The van der Waals surface area contributed by atoms with Crippen LogP contribution in [-0.2, 0) is 0 Å². The van der Waals surface area contributed by atoms with E-state index in [2.05, 4.69) is 325 Å². The van der Waals surface area contributed by atoms with Crippen LogP contribution in [0.1, 0.15) is 0 Å². The minimum atomic E-state index is 0.894. The molecule has 0 radical (unpaired) electrons. The molecule has 0 bridgehead atoms. The molecule has 0 aliphatic carbocycles. The molecule has 0 fully saturated rings. The Labute approximate surface area is 536 Å². The summed E-state index contributed by atoms with van der Waals surface area (Å²) in [7, 11) is 0.